The lowest BCUT2D eigenvalue weighted by molar-refractivity contribution is 0.269. The molecule has 1 N–H and O–H groups in total. The zero-order chi connectivity index (χ0) is 9.80. The van der Waals surface area contributed by atoms with Gasteiger partial charge in [0, 0.05) is 24.2 Å². The normalized spacial score (nSPS) is 10.4. The van der Waals surface area contributed by atoms with Gasteiger partial charge in [-0.15, -0.1) is 0 Å². The Kier molecular flexibility index (Phi) is 2.55. The summed E-state index contributed by atoms with van der Waals surface area (Å²) >= 11 is 0. The van der Waals surface area contributed by atoms with E-state index in [0.717, 1.165) is 11.3 Å². The maximum Gasteiger partial charge on any atom is 0.0924 e. The third-order valence-electron chi connectivity index (χ3n) is 1.95. The van der Waals surface area contributed by atoms with E-state index in [9.17, 15) is 0 Å². The van der Waals surface area contributed by atoms with Gasteiger partial charge in [0.05, 0.1) is 18.8 Å². The van der Waals surface area contributed by atoms with Gasteiger partial charge in [-0.1, -0.05) is 0 Å². The molecule has 72 valence electrons. The fourth-order valence-corrected chi connectivity index (χ4v) is 1.27. The van der Waals surface area contributed by atoms with Gasteiger partial charge in [0.1, 0.15) is 0 Å². The Morgan fingerprint density at radius 3 is 2.71 bits per heavy atom. The molecule has 2 aromatic rings. The molecule has 0 atom stereocenters. The topological polar surface area (TPSA) is 50.9 Å². The molecule has 0 bridgehead atoms. The van der Waals surface area contributed by atoms with Gasteiger partial charge in [0.2, 0.25) is 0 Å². The Labute approximate surface area is 81.8 Å². The van der Waals surface area contributed by atoms with Gasteiger partial charge in [0.15, 0.2) is 0 Å². The van der Waals surface area contributed by atoms with E-state index in [-0.39, 0.29) is 6.61 Å². The van der Waals surface area contributed by atoms with Crippen LogP contribution in [0.1, 0.15) is 0 Å². The minimum Gasteiger partial charge on any atom is -0.394 e. The van der Waals surface area contributed by atoms with Gasteiger partial charge < -0.3 is 5.11 Å². The van der Waals surface area contributed by atoms with Crippen molar-refractivity contribution in [1.82, 2.24) is 14.8 Å². The van der Waals surface area contributed by atoms with Crippen LogP contribution in [0.15, 0.2) is 36.8 Å². The van der Waals surface area contributed by atoms with Crippen molar-refractivity contribution in [2.45, 2.75) is 6.54 Å². The summed E-state index contributed by atoms with van der Waals surface area (Å²) in [6.45, 7) is 0.641. The van der Waals surface area contributed by atoms with Crippen LogP contribution in [0.25, 0.3) is 11.3 Å². The molecule has 14 heavy (non-hydrogen) atoms. The molecule has 4 nitrogen and oxygen atoms in total. The van der Waals surface area contributed by atoms with E-state index in [0.29, 0.717) is 6.54 Å². The fraction of sp³-hybridized carbons (Fsp3) is 0.200. The van der Waals surface area contributed by atoms with Crippen molar-refractivity contribution in [2.75, 3.05) is 6.61 Å². The van der Waals surface area contributed by atoms with Crippen LogP contribution in [-0.2, 0) is 6.54 Å². The molecule has 2 aromatic heterocycles. The van der Waals surface area contributed by atoms with Gasteiger partial charge >= 0.3 is 0 Å². The van der Waals surface area contributed by atoms with Crippen LogP contribution in [0.4, 0.5) is 0 Å². The van der Waals surface area contributed by atoms with Gasteiger partial charge in [-0.3, -0.25) is 9.67 Å². The van der Waals surface area contributed by atoms with E-state index in [2.05, 4.69) is 10.1 Å². The largest absolute Gasteiger partial charge is 0.394 e. The van der Waals surface area contributed by atoms with Crippen LogP contribution in [0, 0.1) is 0 Å². The smallest absolute Gasteiger partial charge is 0.0924 e. The lowest BCUT2D eigenvalue weighted by Crippen LogP contribution is -2.02. The molecule has 0 aliphatic rings. The molecule has 0 saturated carbocycles. The first kappa shape index (κ1) is 8.90. The summed E-state index contributed by atoms with van der Waals surface area (Å²) in [5, 5.41) is 13.0. The van der Waals surface area contributed by atoms with Crippen LogP contribution in [0.5, 0.6) is 0 Å². The summed E-state index contributed by atoms with van der Waals surface area (Å²) in [4.78, 5) is 3.94. The van der Waals surface area contributed by atoms with E-state index in [1.807, 2.05) is 24.4 Å². The Balaban J connectivity index is 2.25. The number of aliphatic hydroxyl groups excluding tert-OH is 1. The Bertz CT molecular complexity index is 397. The maximum absolute atomic E-state index is 8.73. The highest BCUT2D eigenvalue weighted by Crippen LogP contribution is 2.14. The van der Waals surface area contributed by atoms with Gasteiger partial charge in [-0.2, -0.15) is 5.10 Å². The molecule has 0 aromatic carbocycles. The number of pyridine rings is 1. The first-order valence-electron chi connectivity index (χ1n) is 4.45. The van der Waals surface area contributed by atoms with Crippen molar-refractivity contribution < 1.29 is 5.11 Å². The monoisotopic (exact) mass is 189 g/mol. The number of hydrogen-bond acceptors (Lipinski definition) is 3. The molecule has 0 radical (unpaired) electrons. The van der Waals surface area contributed by atoms with Gasteiger partial charge in [-0.25, -0.2) is 0 Å². The van der Waals surface area contributed by atoms with E-state index in [1.165, 1.54) is 0 Å². The van der Waals surface area contributed by atoms with Crippen molar-refractivity contribution in [1.29, 1.82) is 0 Å². The third-order valence-corrected chi connectivity index (χ3v) is 1.95. The summed E-state index contributed by atoms with van der Waals surface area (Å²) in [6, 6.07) is 5.74. The third kappa shape index (κ3) is 1.80. The number of nitrogens with zero attached hydrogens (tertiary/aromatic N) is 3. The molecule has 0 aliphatic carbocycles. The molecular formula is C10H11N3O. The van der Waals surface area contributed by atoms with E-state index in [4.69, 9.17) is 5.11 Å². The number of aliphatic hydroxyl groups is 1. The quantitative estimate of drug-likeness (QED) is 0.781. The summed E-state index contributed by atoms with van der Waals surface area (Å²) in [5.41, 5.74) is 1.94. The SMILES string of the molecule is OCCn1ccc(-c2ccncc2)n1. The minimum absolute atomic E-state index is 0.109. The van der Waals surface area contributed by atoms with Crippen LogP contribution in [-0.4, -0.2) is 26.5 Å². The van der Waals surface area contributed by atoms with Gasteiger partial charge in [-0.05, 0) is 18.2 Å². The predicted molar refractivity (Wildman–Crippen MR) is 52.5 cm³/mol. The lowest BCUT2D eigenvalue weighted by atomic mass is 10.2. The first-order chi connectivity index (χ1) is 6.90. The second-order valence-corrected chi connectivity index (χ2v) is 2.92. The number of hydrogen-bond donors (Lipinski definition) is 1. The second kappa shape index (κ2) is 4.02. The second-order valence-electron chi connectivity index (χ2n) is 2.92. The molecule has 0 amide bonds. The molecule has 0 saturated heterocycles. The van der Waals surface area contributed by atoms with Crippen LogP contribution in [0.2, 0.25) is 0 Å². The Morgan fingerprint density at radius 1 is 1.21 bits per heavy atom. The van der Waals surface area contributed by atoms with Crippen LogP contribution in [0.3, 0.4) is 0 Å². The molecule has 2 heterocycles. The molecule has 4 heteroatoms. The minimum atomic E-state index is 0.109. The average molecular weight is 189 g/mol. The molecular weight excluding hydrogens is 178 g/mol. The van der Waals surface area contributed by atoms with Crippen LogP contribution >= 0.6 is 0 Å². The standard InChI is InChI=1S/C10H11N3O/c14-8-7-13-6-3-10(12-13)9-1-4-11-5-2-9/h1-6,14H,7-8H2. The number of rotatable bonds is 3. The Hall–Kier alpha value is -1.68. The maximum atomic E-state index is 8.73. The van der Waals surface area contributed by atoms with Crippen LogP contribution < -0.4 is 0 Å². The summed E-state index contributed by atoms with van der Waals surface area (Å²) in [6.07, 6.45) is 5.33. The van der Waals surface area contributed by atoms with Crippen molar-refractivity contribution in [3.63, 3.8) is 0 Å². The van der Waals surface area contributed by atoms with Crippen molar-refractivity contribution in [3.8, 4) is 11.3 Å². The summed E-state index contributed by atoms with van der Waals surface area (Å²) in [5.74, 6) is 0. The molecule has 0 spiro atoms. The highest BCUT2D eigenvalue weighted by atomic mass is 16.3. The highest BCUT2D eigenvalue weighted by Gasteiger charge is 2.00. The lowest BCUT2D eigenvalue weighted by Gasteiger charge is -1.96. The zero-order valence-electron chi connectivity index (χ0n) is 7.67. The van der Waals surface area contributed by atoms with E-state index < -0.39 is 0 Å². The zero-order valence-corrected chi connectivity index (χ0v) is 7.67. The molecule has 0 unspecified atom stereocenters. The highest BCUT2D eigenvalue weighted by molar-refractivity contribution is 5.57. The van der Waals surface area contributed by atoms with Crippen molar-refractivity contribution in [3.05, 3.63) is 36.8 Å². The van der Waals surface area contributed by atoms with Crippen molar-refractivity contribution >= 4 is 0 Å². The molecule has 0 aliphatic heterocycles. The average Bonchev–Trinajstić information content (AvgIpc) is 2.68. The number of aromatic nitrogens is 3. The van der Waals surface area contributed by atoms with E-state index >= 15 is 0 Å². The predicted octanol–water partition coefficient (Wildman–Crippen LogP) is 0.937. The summed E-state index contributed by atoms with van der Waals surface area (Å²) < 4.78 is 1.72. The molecule has 2 rings (SSSR count). The molecule has 0 fully saturated rings. The van der Waals surface area contributed by atoms with Crippen molar-refractivity contribution in [2.24, 2.45) is 0 Å². The Morgan fingerprint density at radius 2 is 2.00 bits per heavy atom. The summed E-state index contributed by atoms with van der Waals surface area (Å²) in [7, 11) is 0. The van der Waals surface area contributed by atoms with Gasteiger partial charge in [0.25, 0.3) is 0 Å². The fourth-order valence-electron chi connectivity index (χ4n) is 1.27. The first-order valence-corrected chi connectivity index (χ1v) is 4.45. The van der Waals surface area contributed by atoms with E-state index in [1.54, 1.807) is 17.1 Å².